The molecule has 0 unspecified atom stereocenters. The number of unbranched alkanes of at least 4 members (excludes halogenated alkanes) is 1. The molecule has 2 fully saturated rings. The summed E-state index contributed by atoms with van der Waals surface area (Å²) in [5.74, 6) is -4.02. The number of nitrogens with two attached hydrogens (primary N) is 1. The molecule has 25 heavy (non-hydrogen) atoms. The number of hydrogen-bond acceptors (Lipinski definition) is 5. The molecule has 0 bridgehead atoms. The average Bonchev–Trinajstić information content (AvgIpc) is 3.02. The van der Waals surface area contributed by atoms with Crippen LogP contribution in [0.3, 0.4) is 0 Å². The summed E-state index contributed by atoms with van der Waals surface area (Å²) in [5.41, 5.74) is -1.09. The predicted molar refractivity (Wildman–Crippen MR) is 84.8 cm³/mol. The zero-order valence-electron chi connectivity index (χ0n) is 14.3. The molecule has 2 aliphatic heterocycles. The molecule has 3 N–H and O–H groups in total. The number of aromatic hydroxyl groups is 1. The van der Waals surface area contributed by atoms with Crippen molar-refractivity contribution in [2.75, 3.05) is 6.54 Å². The van der Waals surface area contributed by atoms with E-state index in [4.69, 9.17) is 0 Å². The highest BCUT2D eigenvalue weighted by molar-refractivity contribution is 6.08. The van der Waals surface area contributed by atoms with E-state index in [0.717, 1.165) is 6.42 Å². The summed E-state index contributed by atoms with van der Waals surface area (Å²) in [4.78, 5) is 38.7. The highest BCUT2D eigenvalue weighted by atomic mass is 16.4. The predicted octanol–water partition coefficient (Wildman–Crippen LogP) is -1.08. The Labute approximate surface area is 145 Å². The number of hydrogen-bond donors (Lipinski definition) is 2. The van der Waals surface area contributed by atoms with Crippen LogP contribution in [-0.4, -0.2) is 39.9 Å². The number of carboxylic acid groups (broad SMARTS) is 1. The molecule has 4 atom stereocenters. The van der Waals surface area contributed by atoms with Crippen molar-refractivity contribution < 1.29 is 29.9 Å². The molecule has 0 radical (unpaired) electrons. The molecule has 7 heteroatoms. The van der Waals surface area contributed by atoms with Gasteiger partial charge in [-0.15, -0.1) is 0 Å². The molecule has 0 aliphatic carbocycles. The van der Waals surface area contributed by atoms with Crippen molar-refractivity contribution in [2.24, 2.45) is 11.8 Å². The van der Waals surface area contributed by atoms with Gasteiger partial charge in [0, 0.05) is 6.54 Å². The maximum Gasteiger partial charge on any atom is 0.240 e. The van der Waals surface area contributed by atoms with Crippen LogP contribution in [0.1, 0.15) is 38.3 Å². The number of carbonyl (C=O) groups is 3. The van der Waals surface area contributed by atoms with E-state index in [-0.39, 0.29) is 18.2 Å². The molecule has 2 aliphatic rings. The van der Waals surface area contributed by atoms with Gasteiger partial charge in [0.15, 0.2) is 0 Å². The van der Waals surface area contributed by atoms with Gasteiger partial charge in [-0.05, 0) is 25.5 Å². The van der Waals surface area contributed by atoms with Gasteiger partial charge in [0.1, 0.15) is 35.1 Å². The van der Waals surface area contributed by atoms with E-state index in [0.29, 0.717) is 12.0 Å². The number of imide groups is 1. The Morgan fingerprint density at radius 3 is 2.60 bits per heavy atom. The maximum atomic E-state index is 12.9. The molecular weight excluding hydrogens is 324 g/mol. The van der Waals surface area contributed by atoms with Crippen LogP contribution in [0.15, 0.2) is 24.3 Å². The van der Waals surface area contributed by atoms with Crippen LogP contribution in [0.2, 0.25) is 0 Å². The summed E-state index contributed by atoms with van der Waals surface area (Å²) in [5, 5.41) is 23.5. The Morgan fingerprint density at radius 1 is 1.32 bits per heavy atom. The van der Waals surface area contributed by atoms with Gasteiger partial charge in [0.05, 0.1) is 5.56 Å². The van der Waals surface area contributed by atoms with Gasteiger partial charge in [-0.2, -0.15) is 0 Å². The van der Waals surface area contributed by atoms with E-state index in [2.05, 4.69) is 0 Å². The van der Waals surface area contributed by atoms with E-state index in [1.807, 2.05) is 6.92 Å². The number of fused-ring (bicyclic) bond motifs is 1. The van der Waals surface area contributed by atoms with Crippen LogP contribution in [-0.2, 0) is 14.4 Å². The summed E-state index contributed by atoms with van der Waals surface area (Å²) in [6, 6.07) is 5.86. The number of para-hydroxylation sites is 1. The highest BCUT2D eigenvalue weighted by Crippen LogP contribution is 2.45. The topological polar surface area (TPSA) is 114 Å². The lowest BCUT2D eigenvalue weighted by molar-refractivity contribution is -0.735. The monoisotopic (exact) mass is 346 g/mol. The smallest absolute Gasteiger partial charge is 0.240 e. The number of carboxylic acids is 1. The van der Waals surface area contributed by atoms with Crippen LogP contribution >= 0.6 is 0 Å². The van der Waals surface area contributed by atoms with Crippen LogP contribution in [0.25, 0.3) is 0 Å². The van der Waals surface area contributed by atoms with E-state index in [1.54, 1.807) is 18.2 Å². The average molecular weight is 346 g/mol. The minimum Gasteiger partial charge on any atom is -0.544 e. The van der Waals surface area contributed by atoms with Gasteiger partial charge in [-0.25, -0.2) is 0 Å². The second-order valence-corrected chi connectivity index (χ2v) is 7.01. The second kappa shape index (κ2) is 6.15. The lowest BCUT2D eigenvalue weighted by Crippen LogP contribution is -2.98. The van der Waals surface area contributed by atoms with Crippen molar-refractivity contribution in [1.82, 2.24) is 4.90 Å². The van der Waals surface area contributed by atoms with Crippen LogP contribution in [0.5, 0.6) is 5.75 Å². The van der Waals surface area contributed by atoms with E-state index in [9.17, 15) is 24.6 Å². The Morgan fingerprint density at radius 2 is 2.00 bits per heavy atom. The van der Waals surface area contributed by atoms with Crippen LogP contribution in [0.4, 0.5) is 0 Å². The standard InChI is InChI=1S/C18H22N2O5/c1-3-4-9-20-15(22)12-13(16(20)23)18(2,17(24)25)19-14(12)10-7-5-6-8-11(10)21/h5-8,12-14,19,21H,3-4,9H2,1-2H3,(H,24,25)/t12-,13-,14-,18+/m0/s1. The quantitative estimate of drug-likeness (QED) is 0.658. The molecule has 3 rings (SSSR count). The highest BCUT2D eigenvalue weighted by Gasteiger charge is 2.68. The van der Waals surface area contributed by atoms with E-state index < -0.39 is 35.3 Å². The number of phenolic OH excluding ortho intramolecular Hbond substituents is 1. The molecule has 0 saturated carbocycles. The van der Waals surface area contributed by atoms with E-state index >= 15 is 0 Å². The lowest BCUT2D eigenvalue weighted by Gasteiger charge is -2.29. The minimum absolute atomic E-state index is 0.0163. The molecule has 2 amide bonds. The number of nitrogens with zero attached hydrogens (tertiary/aromatic N) is 1. The zero-order valence-corrected chi connectivity index (χ0v) is 14.3. The molecule has 1 aromatic rings. The molecule has 2 saturated heterocycles. The van der Waals surface area contributed by atoms with Crippen molar-refractivity contribution >= 4 is 17.8 Å². The Bertz CT molecular complexity index is 734. The molecule has 1 aromatic carbocycles. The molecule has 0 aromatic heterocycles. The van der Waals surface area contributed by atoms with E-state index in [1.165, 1.54) is 23.2 Å². The molecule has 7 nitrogen and oxygen atoms in total. The van der Waals surface area contributed by atoms with Crippen molar-refractivity contribution in [2.45, 2.75) is 38.3 Å². The summed E-state index contributed by atoms with van der Waals surface area (Å²) in [6.07, 6.45) is 1.49. The number of benzene rings is 1. The molecule has 0 spiro atoms. The first-order valence-corrected chi connectivity index (χ1v) is 8.53. The number of carbonyl (C=O) groups excluding carboxylic acids is 3. The molecule has 134 valence electrons. The first-order valence-electron chi connectivity index (χ1n) is 8.53. The lowest BCUT2D eigenvalue weighted by atomic mass is 9.80. The normalized spacial score (nSPS) is 31.4. The summed E-state index contributed by atoms with van der Waals surface area (Å²) < 4.78 is 0. The van der Waals surface area contributed by atoms with Gasteiger partial charge in [-0.3, -0.25) is 14.5 Å². The van der Waals surface area contributed by atoms with Crippen molar-refractivity contribution in [3.63, 3.8) is 0 Å². The number of quaternary nitrogens is 1. The van der Waals surface area contributed by atoms with Gasteiger partial charge < -0.3 is 20.3 Å². The third-order valence-electron chi connectivity index (χ3n) is 5.47. The van der Waals surface area contributed by atoms with Crippen molar-refractivity contribution in [3.8, 4) is 5.75 Å². The fourth-order valence-corrected chi connectivity index (χ4v) is 4.11. The number of aliphatic carboxylic acids is 1. The summed E-state index contributed by atoms with van der Waals surface area (Å²) in [6.45, 7) is 3.67. The maximum absolute atomic E-state index is 12.9. The first-order chi connectivity index (χ1) is 11.8. The minimum atomic E-state index is -1.55. The molecule has 2 heterocycles. The molecular formula is C18H22N2O5. The Balaban J connectivity index is 2.06. The zero-order chi connectivity index (χ0) is 18.4. The van der Waals surface area contributed by atoms with Gasteiger partial charge in [0.25, 0.3) is 0 Å². The number of rotatable bonds is 5. The fraction of sp³-hybridized carbons (Fsp3) is 0.500. The van der Waals surface area contributed by atoms with Crippen LogP contribution in [0, 0.1) is 11.8 Å². The second-order valence-electron chi connectivity index (χ2n) is 7.01. The Kier molecular flexibility index (Phi) is 4.28. The van der Waals surface area contributed by atoms with Gasteiger partial charge >= 0.3 is 0 Å². The van der Waals surface area contributed by atoms with Crippen molar-refractivity contribution in [1.29, 1.82) is 0 Å². The SMILES string of the molecule is CCCCN1C(=O)[C@H]2[C@@H](C1=O)[C@](C)(C(=O)[O-])[NH2+][C@H]2c1ccccc1O. The fourth-order valence-electron chi connectivity index (χ4n) is 4.11. The van der Waals surface area contributed by atoms with Gasteiger partial charge in [-0.1, -0.05) is 25.5 Å². The summed E-state index contributed by atoms with van der Waals surface area (Å²) in [7, 11) is 0. The number of phenols is 1. The summed E-state index contributed by atoms with van der Waals surface area (Å²) >= 11 is 0. The van der Waals surface area contributed by atoms with Crippen molar-refractivity contribution in [3.05, 3.63) is 29.8 Å². The third-order valence-corrected chi connectivity index (χ3v) is 5.47. The third kappa shape index (κ3) is 2.50. The first kappa shape index (κ1) is 17.4. The largest absolute Gasteiger partial charge is 0.544 e. The Hall–Kier alpha value is -2.41. The van der Waals surface area contributed by atoms with Gasteiger partial charge in [0.2, 0.25) is 11.8 Å². The van der Waals surface area contributed by atoms with Crippen LogP contribution < -0.4 is 10.4 Å². The number of amides is 2. The number of likely N-dealkylation sites (tertiary alicyclic amines) is 1.